The van der Waals surface area contributed by atoms with Crippen LogP contribution in [0.4, 0.5) is 0 Å². The van der Waals surface area contributed by atoms with E-state index in [-0.39, 0.29) is 24.1 Å². The highest BCUT2D eigenvalue weighted by atomic mass is 16.5. The van der Waals surface area contributed by atoms with Crippen molar-refractivity contribution in [3.8, 4) is 0 Å². The van der Waals surface area contributed by atoms with Crippen LogP contribution in [-0.2, 0) is 27.3 Å². The average molecular weight is 440 g/mol. The number of piperidine rings is 1. The third-order valence-corrected chi connectivity index (χ3v) is 7.60. The van der Waals surface area contributed by atoms with Gasteiger partial charge in [-0.15, -0.1) is 0 Å². The van der Waals surface area contributed by atoms with Crippen molar-refractivity contribution in [1.82, 2.24) is 15.5 Å². The lowest BCUT2D eigenvalue weighted by atomic mass is 9.80. The SMILES string of the molecule is O=C1CCC(N2Cc3cc(C[C@H]4CCCC[C@@H]4NC4CCCOC4)ccc3C2=O)C(=O)N1. The predicted octanol–water partition coefficient (Wildman–Crippen LogP) is 2.32. The maximum atomic E-state index is 12.9. The van der Waals surface area contributed by atoms with Crippen LogP contribution in [0.25, 0.3) is 0 Å². The van der Waals surface area contributed by atoms with E-state index >= 15 is 0 Å². The largest absolute Gasteiger partial charge is 0.380 e. The second kappa shape index (κ2) is 9.32. The minimum atomic E-state index is -0.555. The van der Waals surface area contributed by atoms with E-state index in [1.165, 1.54) is 37.7 Å². The molecule has 172 valence electrons. The maximum Gasteiger partial charge on any atom is 0.255 e. The Morgan fingerprint density at radius 3 is 2.75 bits per heavy atom. The number of ether oxygens (including phenoxy) is 1. The second-order valence-corrected chi connectivity index (χ2v) is 9.83. The Bertz CT molecular complexity index is 895. The van der Waals surface area contributed by atoms with Crippen molar-refractivity contribution in [1.29, 1.82) is 0 Å². The fraction of sp³-hybridized carbons (Fsp3) is 0.640. The first-order valence-electron chi connectivity index (χ1n) is 12.2. The van der Waals surface area contributed by atoms with Gasteiger partial charge in [-0.05, 0) is 61.6 Å². The minimum absolute atomic E-state index is 0.101. The number of carbonyl (C=O) groups excluding carboxylic acids is 3. The molecule has 32 heavy (non-hydrogen) atoms. The quantitative estimate of drug-likeness (QED) is 0.688. The van der Waals surface area contributed by atoms with Gasteiger partial charge in [-0.25, -0.2) is 0 Å². The normalized spacial score (nSPS) is 30.9. The molecule has 7 nitrogen and oxygen atoms in total. The zero-order valence-electron chi connectivity index (χ0n) is 18.6. The molecule has 5 rings (SSSR count). The van der Waals surface area contributed by atoms with Gasteiger partial charge in [0, 0.05) is 37.2 Å². The van der Waals surface area contributed by atoms with E-state index in [0.29, 0.717) is 36.5 Å². The second-order valence-electron chi connectivity index (χ2n) is 9.83. The summed E-state index contributed by atoms with van der Waals surface area (Å²) in [5.41, 5.74) is 2.95. The monoisotopic (exact) mass is 439 g/mol. The molecule has 3 amide bonds. The highest BCUT2D eigenvalue weighted by Crippen LogP contribution is 2.32. The number of hydrogen-bond donors (Lipinski definition) is 2. The smallest absolute Gasteiger partial charge is 0.255 e. The van der Waals surface area contributed by atoms with Gasteiger partial charge in [0.15, 0.2) is 0 Å². The fourth-order valence-electron chi connectivity index (χ4n) is 5.90. The van der Waals surface area contributed by atoms with Gasteiger partial charge in [0.25, 0.3) is 5.91 Å². The molecule has 2 N–H and O–H groups in total. The molecule has 0 radical (unpaired) electrons. The maximum absolute atomic E-state index is 12.9. The highest BCUT2D eigenvalue weighted by molar-refractivity contribution is 6.05. The van der Waals surface area contributed by atoms with Crippen molar-refractivity contribution in [3.05, 3.63) is 34.9 Å². The number of benzene rings is 1. The molecule has 1 aromatic carbocycles. The van der Waals surface area contributed by atoms with E-state index in [1.807, 2.05) is 6.07 Å². The summed E-state index contributed by atoms with van der Waals surface area (Å²) < 4.78 is 5.66. The summed E-state index contributed by atoms with van der Waals surface area (Å²) in [5, 5.41) is 6.26. The van der Waals surface area contributed by atoms with E-state index in [9.17, 15) is 14.4 Å². The van der Waals surface area contributed by atoms with Crippen LogP contribution in [0.1, 0.15) is 72.9 Å². The molecule has 3 heterocycles. The molecule has 4 atom stereocenters. The van der Waals surface area contributed by atoms with Crippen LogP contribution in [0.3, 0.4) is 0 Å². The molecule has 2 saturated heterocycles. The van der Waals surface area contributed by atoms with Gasteiger partial charge in [-0.3, -0.25) is 19.7 Å². The van der Waals surface area contributed by atoms with Crippen molar-refractivity contribution >= 4 is 17.7 Å². The van der Waals surface area contributed by atoms with Gasteiger partial charge in [-0.1, -0.05) is 25.0 Å². The highest BCUT2D eigenvalue weighted by Gasteiger charge is 2.39. The molecule has 1 aromatic rings. The molecule has 0 aromatic heterocycles. The Morgan fingerprint density at radius 2 is 1.94 bits per heavy atom. The zero-order chi connectivity index (χ0) is 22.1. The van der Waals surface area contributed by atoms with Gasteiger partial charge >= 0.3 is 0 Å². The molecule has 1 aliphatic carbocycles. The van der Waals surface area contributed by atoms with Crippen molar-refractivity contribution in [2.75, 3.05) is 13.2 Å². The molecular formula is C25H33N3O4. The van der Waals surface area contributed by atoms with E-state index in [4.69, 9.17) is 4.74 Å². The van der Waals surface area contributed by atoms with Crippen LogP contribution in [0.15, 0.2) is 18.2 Å². The zero-order valence-corrected chi connectivity index (χ0v) is 18.6. The molecule has 3 fully saturated rings. The number of hydrogen-bond acceptors (Lipinski definition) is 5. The summed E-state index contributed by atoms with van der Waals surface area (Å²) in [6.45, 7) is 2.15. The van der Waals surface area contributed by atoms with Crippen LogP contribution in [-0.4, -0.2) is 54.0 Å². The Labute approximate surface area is 189 Å². The predicted molar refractivity (Wildman–Crippen MR) is 119 cm³/mol. The third kappa shape index (κ3) is 4.46. The van der Waals surface area contributed by atoms with Crippen LogP contribution in [0.2, 0.25) is 0 Å². The van der Waals surface area contributed by atoms with Crippen LogP contribution in [0, 0.1) is 5.92 Å². The Morgan fingerprint density at radius 1 is 1.06 bits per heavy atom. The van der Waals surface area contributed by atoms with E-state index in [1.54, 1.807) is 4.90 Å². The average Bonchev–Trinajstić information content (AvgIpc) is 3.11. The third-order valence-electron chi connectivity index (χ3n) is 7.60. The van der Waals surface area contributed by atoms with Gasteiger partial charge in [0.05, 0.1) is 6.61 Å². The lowest BCUT2D eigenvalue weighted by molar-refractivity contribution is -0.136. The van der Waals surface area contributed by atoms with E-state index < -0.39 is 6.04 Å². The first kappa shape index (κ1) is 21.6. The summed E-state index contributed by atoms with van der Waals surface area (Å²) in [6.07, 6.45) is 9.01. The minimum Gasteiger partial charge on any atom is -0.380 e. The van der Waals surface area contributed by atoms with Crippen molar-refractivity contribution < 1.29 is 19.1 Å². The molecular weight excluding hydrogens is 406 g/mol. The number of fused-ring (bicyclic) bond motifs is 1. The molecule has 0 spiro atoms. The number of nitrogens with one attached hydrogen (secondary N) is 2. The first-order valence-corrected chi connectivity index (χ1v) is 12.2. The van der Waals surface area contributed by atoms with E-state index in [2.05, 4.69) is 22.8 Å². The standard InChI is InChI=1S/C25H33N3O4/c29-23-10-9-22(24(30)27-23)28-14-18-13-16(7-8-20(18)25(28)31)12-17-4-1-2-6-21(17)26-19-5-3-11-32-15-19/h7-8,13,17,19,21-22,26H,1-6,9-12,14-15H2,(H,27,29,30)/t17-,19?,21+,22?/m1/s1. The van der Waals surface area contributed by atoms with Crippen molar-refractivity contribution in [3.63, 3.8) is 0 Å². The van der Waals surface area contributed by atoms with Gasteiger partial charge < -0.3 is 15.0 Å². The number of nitrogens with zero attached hydrogens (tertiary/aromatic N) is 1. The van der Waals surface area contributed by atoms with E-state index in [0.717, 1.165) is 31.6 Å². The van der Waals surface area contributed by atoms with Crippen LogP contribution >= 0.6 is 0 Å². The molecule has 1 saturated carbocycles. The summed E-state index contributed by atoms with van der Waals surface area (Å²) in [6, 6.07) is 6.60. The first-order chi connectivity index (χ1) is 15.6. The Kier molecular flexibility index (Phi) is 6.28. The summed E-state index contributed by atoms with van der Waals surface area (Å²) >= 11 is 0. The fourth-order valence-corrected chi connectivity index (χ4v) is 5.90. The molecule has 7 heteroatoms. The molecule has 2 unspecified atom stereocenters. The number of imide groups is 1. The summed E-state index contributed by atoms with van der Waals surface area (Å²) in [7, 11) is 0. The van der Waals surface area contributed by atoms with Crippen LogP contribution < -0.4 is 10.6 Å². The van der Waals surface area contributed by atoms with Crippen molar-refractivity contribution in [2.24, 2.45) is 5.92 Å². The lowest BCUT2D eigenvalue weighted by Crippen LogP contribution is -2.52. The number of amides is 3. The summed E-state index contributed by atoms with van der Waals surface area (Å²) in [4.78, 5) is 38.3. The number of carbonyl (C=O) groups is 3. The summed E-state index contributed by atoms with van der Waals surface area (Å²) in [5.74, 6) is -0.124. The van der Waals surface area contributed by atoms with Gasteiger partial charge in [0.2, 0.25) is 11.8 Å². The molecule has 3 aliphatic heterocycles. The van der Waals surface area contributed by atoms with Gasteiger partial charge in [0.1, 0.15) is 6.04 Å². The Balaban J connectivity index is 1.26. The molecule has 0 bridgehead atoms. The topological polar surface area (TPSA) is 87.7 Å². The Hall–Kier alpha value is -2.25. The van der Waals surface area contributed by atoms with Crippen LogP contribution in [0.5, 0.6) is 0 Å². The molecule has 4 aliphatic rings. The van der Waals surface area contributed by atoms with Crippen molar-refractivity contribution in [2.45, 2.75) is 82.5 Å². The number of rotatable bonds is 5. The lowest BCUT2D eigenvalue weighted by Gasteiger charge is -2.36. The van der Waals surface area contributed by atoms with Gasteiger partial charge in [-0.2, -0.15) is 0 Å².